The molecule has 2 aromatic carbocycles. The number of aryl methyl sites for hydroxylation is 1. The highest BCUT2D eigenvalue weighted by atomic mass is 127. The van der Waals surface area contributed by atoms with Crippen LogP contribution in [-0.4, -0.2) is 34.2 Å². The fraction of sp³-hybridized carbons (Fsp3) is 0.286. The highest BCUT2D eigenvalue weighted by Gasteiger charge is 2.07. The second kappa shape index (κ2) is 11.4. The molecule has 1 atom stereocenters. The van der Waals surface area contributed by atoms with Crippen molar-refractivity contribution in [3.05, 3.63) is 72.1 Å². The number of H-pyrrole nitrogens is 1. The molecule has 3 N–H and O–H groups in total. The van der Waals surface area contributed by atoms with Gasteiger partial charge in [-0.3, -0.25) is 10.1 Å². The molecule has 1 heterocycles. The number of guanidine groups is 1. The SMILES string of the molecule is CN=C(NCc1cccc(-c2ncn[nH]2)c1)NC(C)CCc1ccccc1.I. The molecule has 0 aliphatic carbocycles. The molecule has 0 amide bonds. The Balaban J connectivity index is 0.00000280. The van der Waals surface area contributed by atoms with Gasteiger partial charge in [0.25, 0.3) is 0 Å². The maximum absolute atomic E-state index is 4.34. The lowest BCUT2D eigenvalue weighted by atomic mass is 10.1. The first-order valence-corrected chi connectivity index (χ1v) is 9.20. The average Bonchev–Trinajstić information content (AvgIpc) is 3.25. The number of nitrogens with one attached hydrogen (secondary N) is 3. The standard InChI is InChI=1S/C21H26N6.HI/c1-16(11-12-17-7-4-3-5-8-17)26-21(22-2)23-14-18-9-6-10-19(13-18)20-24-15-25-27-20;/h3-10,13,15-16H,11-12,14H2,1-2H3,(H2,22,23,26)(H,24,25,27);1H. The molecule has 0 saturated carbocycles. The second-order valence-corrected chi connectivity index (χ2v) is 6.53. The van der Waals surface area contributed by atoms with Gasteiger partial charge in [0, 0.05) is 25.2 Å². The molecule has 28 heavy (non-hydrogen) atoms. The van der Waals surface area contributed by atoms with E-state index >= 15 is 0 Å². The van der Waals surface area contributed by atoms with E-state index in [0.717, 1.165) is 35.8 Å². The van der Waals surface area contributed by atoms with Gasteiger partial charge in [-0.2, -0.15) is 5.10 Å². The van der Waals surface area contributed by atoms with Crippen LogP contribution in [0.4, 0.5) is 0 Å². The highest BCUT2D eigenvalue weighted by Crippen LogP contribution is 2.15. The molecule has 3 rings (SSSR count). The second-order valence-electron chi connectivity index (χ2n) is 6.53. The van der Waals surface area contributed by atoms with E-state index in [-0.39, 0.29) is 24.0 Å². The van der Waals surface area contributed by atoms with Crippen LogP contribution in [0.15, 0.2) is 65.9 Å². The molecule has 0 fully saturated rings. The molecule has 0 spiro atoms. The van der Waals surface area contributed by atoms with E-state index in [1.165, 1.54) is 11.9 Å². The van der Waals surface area contributed by atoms with Crippen molar-refractivity contribution >= 4 is 29.9 Å². The summed E-state index contributed by atoms with van der Waals surface area (Å²) in [6.45, 7) is 2.87. The predicted molar refractivity (Wildman–Crippen MR) is 125 cm³/mol. The van der Waals surface area contributed by atoms with Crippen molar-refractivity contribution in [3.63, 3.8) is 0 Å². The maximum atomic E-state index is 4.34. The molecule has 0 saturated heterocycles. The van der Waals surface area contributed by atoms with Gasteiger partial charge in [-0.15, -0.1) is 24.0 Å². The third-order valence-corrected chi connectivity index (χ3v) is 4.39. The van der Waals surface area contributed by atoms with Gasteiger partial charge in [-0.05, 0) is 37.0 Å². The molecule has 1 unspecified atom stereocenters. The summed E-state index contributed by atoms with van der Waals surface area (Å²) in [5.74, 6) is 1.58. The van der Waals surface area contributed by atoms with Gasteiger partial charge in [0.2, 0.25) is 0 Å². The Morgan fingerprint density at radius 1 is 1.11 bits per heavy atom. The van der Waals surface area contributed by atoms with Crippen LogP contribution in [0.1, 0.15) is 24.5 Å². The van der Waals surface area contributed by atoms with Crippen molar-refractivity contribution in [2.24, 2.45) is 4.99 Å². The largest absolute Gasteiger partial charge is 0.354 e. The van der Waals surface area contributed by atoms with Crippen LogP contribution in [0.3, 0.4) is 0 Å². The monoisotopic (exact) mass is 490 g/mol. The molecule has 0 aliphatic rings. The predicted octanol–water partition coefficient (Wildman–Crippen LogP) is 3.78. The molecular weight excluding hydrogens is 463 g/mol. The van der Waals surface area contributed by atoms with Gasteiger partial charge < -0.3 is 10.6 Å². The van der Waals surface area contributed by atoms with Gasteiger partial charge in [0.15, 0.2) is 11.8 Å². The van der Waals surface area contributed by atoms with E-state index in [4.69, 9.17) is 0 Å². The number of hydrogen-bond donors (Lipinski definition) is 3. The summed E-state index contributed by atoms with van der Waals surface area (Å²) in [5, 5.41) is 13.6. The Morgan fingerprint density at radius 2 is 1.89 bits per heavy atom. The lowest BCUT2D eigenvalue weighted by Gasteiger charge is -2.18. The van der Waals surface area contributed by atoms with E-state index in [1.807, 2.05) is 18.2 Å². The van der Waals surface area contributed by atoms with Crippen LogP contribution >= 0.6 is 24.0 Å². The topological polar surface area (TPSA) is 78.0 Å². The number of nitrogens with zero attached hydrogens (tertiary/aromatic N) is 3. The first-order valence-electron chi connectivity index (χ1n) is 9.20. The Kier molecular flexibility index (Phi) is 8.93. The van der Waals surface area contributed by atoms with Crippen molar-refractivity contribution in [3.8, 4) is 11.4 Å². The molecular formula is C21H27IN6. The van der Waals surface area contributed by atoms with E-state index in [1.54, 1.807) is 7.05 Å². The minimum Gasteiger partial charge on any atom is -0.354 e. The zero-order chi connectivity index (χ0) is 18.9. The zero-order valence-corrected chi connectivity index (χ0v) is 18.6. The minimum atomic E-state index is 0. The molecule has 6 nitrogen and oxygen atoms in total. The van der Waals surface area contributed by atoms with Gasteiger partial charge in [-0.25, -0.2) is 4.98 Å². The van der Waals surface area contributed by atoms with Crippen LogP contribution in [0, 0.1) is 0 Å². The number of aliphatic imine (C=N–C) groups is 1. The molecule has 0 bridgehead atoms. The van der Waals surface area contributed by atoms with E-state index in [0.29, 0.717) is 12.6 Å². The van der Waals surface area contributed by atoms with Crippen LogP contribution in [0.2, 0.25) is 0 Å². The summed E-state index contributed by atoms with van der Waals surface area (Å²) in [6, 6.07) is 19.1. The lowest BCUT2D eigenvalue weighted by Crippen LogP contribution is -2.42. The zero-order valence-electron chi connectivity index (χ0n) is 16.2. The Labute approximate surface area is 183 Å². The van der Waals surface area contributed by atoms with E-state index in [2.05, 4.69) is 74.1 Å². The Hall–Kier alpha value is -2.42. The van der Waals surface area contributed by atoms with Crippen LogP contribution in [-0.2, 0) is 13.0 Å². The third kappa shape index (κ3) is 6.63. The molecule has 148 valence electrons. The van der Waals surface area contributed by atoms with Gasteiger partial charge in [0.05, 0.1) is 0 Å². The van der Waals surface area contributed by atoms with Gasteiger partial charge in [0.1, 0.15) is 6.33 Å². The number of hydrogen-bond acceptors (Lipinski definition) is 3. The molecule has 3 aromatic rings. The number of benzene rings is 2. The normalized spacial score (nSPS) is 12.1. The first-order chi connectivity index (χ1) is 13.2. The fourth-order valence-electron chi connectivity index (χ4n) is 2.89. The molecule has 1 aromatic heterocycles. The Morgan fingerprint density at radius 3 is 2.61 bits per heavy atom. The van der Waals surface area contributed by atoms with Gasteiger partial charge >= 0.3 is 0 Å². The molecule has 0 aliphatic heterocycles. The van der Waals surface area contributed by atoms with Gasteiger partial charge in [-0.1, -0.05) is 48.5 Å². The van der Waals surface area contributed by atoms with E-state index in [9.17, 15) is 0 Å². The van der Waals surface area contributed by atoms with E-state index < -0.39 is 0 Å². The lowest BCUT2D eigenvalue weighted by molar-refractivity contribution is 0.593. The van der Waals surface area contributed by atoms with Crippen LogP contribution < -0.4 is 10.6 Å². The minimum absolute atomic E-state index is 0. The number of halogens is 1. The number of aromatic nitrogens is 3. The summed E-state index contributed by atoms with van der Waals surface area (Å²) in [7, 11) is 1.80. The molecule has 0 radical (unpaired) electrons. The smallest absolute Gasteiger partial charge is 0.191 e. The average molecular weight is 490 g/mol. The quantitative estimate of drug-likeness (QED) is 0.268. The maximum Gasteiger partial charge on any atom is 0.191 e. The third-order valence-electron chi connectivity index (χ3n) is 4.39. The fourth-order valence-corrected chi connectivity index (χ4v) is 2.89. The summed E-state index contributed by atoms with van der Waals surface area (Å²) in [6.07, 6.45) is 3.61. The van der Waals surface area contributed by atoms with Crippen molar-refractivity contribution in [2.75, 3.05) is 7.05 Å². The van der Waals surface area contributed by atoms with Crippen LogP contribution in [0.25, 0.3) is 11.4 Å². The van der Waals surface area contributed by atoms with Crippen molar-refractivity contribution in [2.45, 2.75) is 32.4 Å². The van der Waals surface area contributed by atoms with Crippen molar-refractivity contribution in [1.82, 2.24) is 25.8 Å². The Bertz CT molecular complexity index is 848. The summed E-state index contributed by atoms with van der Waals surface area (Å²) < 4.78 is 0. The number of rotatable bonds is 7. The van der Waals surface area contributed by atoms with Crippen molar-refractivity contribution in [1.29, 1.82) is 0 Å². The first kappa shape index (κ1) is 21.9. The summed E-state index contributed by atoms with van der Waals surface area (Å²) >= 11 is 0. The summed E-state index contributed by atoms with van der Waals surface area (Å²) in [4.78, 5) is 8.54. The van der Waals surface area contributed by atoms with Crippen molar-refractivity contribution < 1.29 is 0 Å². The van der Waals surface area contributed by atoms with Crippen LogP contribution in [0.5, 0.6) is 0 Å². The molecule has 7 heteroatoms. The summed E-state index contributed by atoms with van der Waals surface area (Å²) in [5.41, 5.74) is 3.54. The number of aromatic amines is 1. The highest BCUT2D eigenvalue weighted by molar-refractivity contribution is 14.0.